The zero-order chi connectivity index (χ0) is 15.9. The van der Waals surface area contributed by atoms with Gasteiger partial charge in [-0.3, -0.25) is 4.79 Å². The fourth-order valence-corrected chi connectivity index (χ4v) is 2.65. The lowest BCUT2D eigenvalue weighted by atomic mass is 9.89. The highest BCUT2D eigenvalue weighted by Gasteiger charge is 2.29. The summed E-state index contributed by atoms with van der Waals surface area (Å²) in [5.74, 6) is 0.0118. The Morgan fingerprint density at radius 1 is 1.36 bits per heavy atom. The molecule has 0 aliphatic heterocycles. The van der Waals surface area contributed by atoms with Crippen molar-refractivity contribution >= 4 is 5.91 Å². The Kier molecular flexibility index (Phi) is 6.40. The first-order chi connectivity index (χ1) is 10.6. The maximum absolute atomic E-state index is 12.0. The minimum Gasteiger partial charge on any atom is -0.375 e. The van der Waals surface area contributed by atoms with Crippen molar-refractivity contribution in [2.24, 2.45) is 0 Å². The molecular formula is C18H28N2O2. The molecule has 0 spiro atoms. The van der Waals surface area contributed by atoms with E-state index >= 15 is 0 Å². The number of amides is 1. The Morgan fingerprint density at radius 3 is 2.82 bits per heavy atom. The topological polar surface area (TPSA) is 50.4 Å². The molecule has 0 unspecified atom stereocenters. The zero-order valence-electron chi connectivity index (χ0n) is 13.9. The quantitative estimate of drug-likeness (QED) is 0.776. The molecule has 1 aromatic rings. The molecule has 2 N–H and O–H groups in total. The number of nitrogens with one attached hydrogen (secondary N) is 2. The molecule has 122 valence electrons. The molecule has 1 amide bonds. The highest BCUT2D eigenvalue weighted by molar-refractivity contribution is 5.94. The van der Waals surface area contributed by atoms with Crippen LogP contribution in [0.25, 0.3) is 0 Å². The first-order valence-corrected chi connectivity index (χ1v) is 8.34. The first kappa shape index (κ1) is 17.0. The molecule has 2 rings (SSSR count). The average molecular weight is 304 g/mol. The van der Waals surface area contributed by atoms with Gasteiger partial charge in [0.1, 0.15) is 0 Å². The fourth-order valence-electron chi connectivity index (χ4n) is 2.65. The third-order valence-electron chi connectivity index (χ3n) is 3.88. The first-order valence-electron chi connectivity index (χ1n) is 8.34. The van der Waals surface area contributed by atoms with Crippen molar-refractivity contribution in [2.45, 2.75) is 64.8 Å². The molecule has 1 aliphatic rings. The molecular weight excluding hydrogens is 276 g/mol. The van der Waals surface area contributed by atoms with Gasteiger partial charge in [-0.2, -0.15) is 0 Å². The van der Waals surface area contributed by atoms with Crippen molar-refractivity contribution in [3.63, 3.8) is 0 Å². The van der Waals surface area contributed by atoms with E-state index in [0.717, 1.165) is 43.5 Å². The van der Waals surface area contributed by atoms with Gasteiger partial charge < -0.3 is 15.4 Å². The second kappa shape index (κ2) is 8.30. The normalized spacial score (nSPS) is 20.7. The van der Waals surface area contributed by atoms with Crippen molar-refractivity contribution in [3.8, 4) is 0 Å². The summed E-state index contributed by atoms with van der Waals surface area (Å²) in [6, 6.07) is 8.37. The predicted molar refractivity (Wildman–Crippen MR) is 88.9 cm³/mol. The van der Waals surface area contributed by atoms with Crippen LogP contribution in [0.4, 0.5) is 0 Å². The van der Waals surface area contributed by atoms with Gasteiger partial charge in [0, 0.05) is 24.7 Å². The van der Waals surface area contributed by atoms with Crippen LogP contribution in [0, 0.1) is 0 Å². The summed E-state index contributed by atoms with van der Waals surface area (Å²) >= 11 is 0. The summed E-state index contributed by atoms with van der Waals surface area (Å²) in [5.41, 5.74) is 1.89. The SMILES string of the molecule is CCCNC(=O)c1cccc(CNC2CC(OC(C)C)C2)c1. The number of rotatable bonds is 8. The van der Waals surface area contributed by atoms with Crippen LogP contribution < -0.4 is 10.6 Å². The summed E-state index contributed by atoms with van der Waals surface area (Å²) in [4.78, 5) is 12.0. The monoisotopic (exact) mass is 304 g/mol. The standard InChI is InChI=1S/C18H28N2O2/c1-4-8-19-18(21)15-7-5-6-14(9-15)12-20-16-10-17(11-16)22-13(2)3/h5-7,9,13,16-17,20H,4,8,10-12H2,1-3H3,(H,19,21). The van der Waals surface area contributed by atoms with Crippen LogP contribution in [-0.2, 0) is 11.3 Å². The van der Waals surface area contributed by atoms with Gasteiger partial charge >= 0.3 is 0 Å². The molecule has 1 saturated carbocycles. The van der Waals surface area contributed by atoms with E-state index in [0.29, 0.717) is 18.2 Å². The lowest BCUT2D eigenvalue weighted by molar-refractivity contribution is -0.0500. The second-order valence-electron chi connectivity index (χ2n) is 6.31. The van der Waals surface area contributed by atoms with Gasteiger partial charge in [0.15, 0.2) is 0 Å². The van der Waals surface area contributed by atoms with Gasteiger partial charge in [-0.25, -0.2) is 0 Å². The maximum atomic E-state index is 12.0. The molecule has 0 bridgehead atoms. The largest absolute Gasteiger partial charge is 0.375 e. The molecule has 0 saturated heterocycles. The molecule has 1 aromatic carbocycles. The zero-order valence-corrected chi connectivity index (χ0v) is 13.9. The van der Waals surface area contributed by atoms with E-state index < -0.39 is 0 Å². The summed E-state index contributed by atoms with van der Waals surface area (Å²) < 4.78 is 5.76. The molecule has 4 heteroatoms. The number of benzene rings is 1. The Labute approximate surface area is 133 Å². The van der Waals surface area contributed by atoms with Gasteiger partial charge in [-0.15, -0.1) is 0 Å². The van der Waals surface area contributed by atoms with Crippen LogP contribution in [0.15, 0.2) is 24.3 Å². The number of hydrogen-bond acceptors (Lipinski definition) is 3. The lowest BCUT2D eigenvalue weighted by Gasteiger charge is -2.37. The van der Waals surface area contributed by atoms with Crippen molar-refractivity contribution in [3.05, 3.63) is 35.4 Å². The molecule has 22 heavy (non-hydrogen) atoms. The van der Waals surface area contributed by atoms with Gasteiger partial charge in [-0.1, -0.05) is 19.1 Å². The number of ether oxygens (including phenoxy) is 1. The maximum Gasteiger partial charge on any atom is 0.251 e. The van der Waals surface area contributed by atoms with Crippen molar-refractivity contribution in [1.82, 2.24) is 10.6 Å². The molecule has 0 aromatic heterocycles. The number of hydrogen-bond donors (Lipinski definition) is 2. The predicted octanol–water partition coefficient (Wildman–Crippen LogP) is 2.87. The van der Waals surface area contributed by atoms with E-state index in [2.05, 4.69) is 37.5 Å². The molecule has 1 fully saturated rings. The van der Waals surface area contributed by atoms with E-state index in [1.807, 2.05) is 18.2 Å². The van der Waals surface area contributed by atoms with E-state index in [-0.39, 0.29) is 5.91 Å². The summed E-state index contributed by atoms with van der Waals surface area (Å²) in [6.45, 7) is 7.73. The Balaban J connectivity index is 1.76. The number of carbonyl (C=O) groups is 1. The Hall–Kier alpha value is -1.39. The highest BCUT2D eigenvalue weighted by atomic mass is 16.5. The van der Waals surface area contributed by atoms with Crippen LogP contribution in [0.3, 0.4) is 0 Å². The van der Waals surface area contributed by atoms with E-state index in [1.54, 1.807) is 0 Å². The molecule has 0 radical (unpaired) electrons. The fraction of sp³-hybridized carbons (Fsp3) is 0.611. The minimum absolute atomic E-state index is 0.0118. The third-order valence-corrected chi connectivity index (χ3v) is 3.88. The molecule has 0 heterocycles. The van der Waals surface area contributed by atoms with Crippen LogP contribution >= 0.6 is 0 Å². The highest BCUT2D eigenvalue weighted by Crippen LogP contribution is 2.24. The third kappa shape index (κ3) is 5.11. The van der Waals surface area contributed by atoms with Crippen LogP contribution in [0.2, 0.25) is 0 Å². The lowest BCUT2D eigenvalue weighted by Crippen LogP contribution is -2.45. The van der Waals surface area contributed by atoms with E-state index in [4.69, 9.17) is 4.74 Å². The van der Waals surface area contributed by atoms with Crippen LogP contribution in [0.5, 0.6) is 0 Å². The smallest absolute Gasteiger partial charge is 0.251 e. The summed E-state index contributed by atoms with van der Waals surface area (Å²) in [7, 11) is 0. The number of carbonyl (C=O) groups excluding carboxylic acids is 1. The van der Waals surface area contributed by atoms with Gasteiger partial charge in [0.05, 0.1) is 12.2 Å². The summed E-state index contributed by atoms with van der Waals surface area (Å²) in [6.07, 6.45) is 3.82. The van der Waals surface area contributed by atoms with E-state index in [9.17, 15) is 4.79 Å². The second-order valence-corrected chi connectivity index (χ2v) is 6.31. The Morgan fingerprint density at radius 2 is 2.14 bits per heavy atom. The van der Waals surface area contributed by atoms with Gasteiger partial charge in [0.2, 0.25) is 0 Å². The van der Waals surface area contributed by atoms with Crippen molar-refractivity contribution in [2.75, 3.05) is 6.54 Å². The Bertz CT molecular complexity index is 482. The molecule has 1 aliphatic carbocycles. The van der Waals surface area contributed by atoms with Crippen molar-refractivity contribution < 1.29 is 9.53 Å². The minimum atomic E-state index is 0.0118. The summed E-state index contributed by atoms with van der Waals surface area (Å²) in [5, 5.41) is 6.45. The molecule has 0 atom stereocenters. The van der Waals surface area contributed by atoms with E-state index in [1.165, 1.54) is 0 Å². The average Bonchev–Trinajstić information content (AvgIpc) is 2.47. The van der Waals surface area contributed by atoms with Gasteiger partial charge in [0.25, 0.3) is 5.91 Å². The van der Waals surface area contributed by atoms with Gasteiger partial charge in [-0.05, 0) is 50.8 Å². The van der Waals surface area contributed by atoms with Crippen molar-refractivity contribution in [1.29, 1.82) is 0 Å². The van der Waals surface area contributed by atoms with Crippen LogP contribution in [0.1, 0.15) is 56.0 Å². The molecule has 4 nitrogen and oxygen atoms in total. The van der Waals surface area contributed by atoms with Crippen LogP contribution in [-0.4, -0.2) is 30.7 Å².